The molecule has 1 N–H and O–H groups in total. The monoisotopic (exact) mass is 289 g/mol. The maximum atomic E-state index is 10.6. The van der Waals surface area contributed by atoms with Gasteiger partial charge >= 0.3 is 5.97 Å². The van der Waals surface area contributed by atoms with Crippen LogP contribution < -0.4 is 0 Å². The zero-order chi connectivity index (χ0) is 15.1. The number of nitrogens with zero attached hydrogens (tertiary/aromatic N) is 1. The van der Waals surface area contributed by atoms with Gasteiger partial charge in [0.2, 0.25) is 0 Å². The number of hydrogen-bond acceptors (Lipinski definition) is 2. The lowest BCUT2D eigenvalue weighted by Crippen LogP contribution is -2.35. The Morgan fingerprint density at radius 3 is 2.57 bits per heavy atom. The molecule has 1 atom stereocenters. The molecule has 0 spiro atoms. The molecular weight excluding hydrogens is 262 g/mol. The summed E-state index contributed by atoms with van der Waals surface area (Å²) in [6.45, 7) is 4.42. The van der Waals surface area contributed by atoms with Gasteiger partial charge in [-0.3, -0.25) is 9.69 Å². The van der Waals surface area contributed by atoms with Crippen molar-refractivity contribution in [2.45, 2.75) is 51.5 Å². The zero-order valence-corrected chi connectivity index (χ0v) is 13.0. The van der Waals surface area contributed by atoms with Gasteiger partial charge in [0, 0.05) is 19.0 Å². The number of benzene rings is 1. The summed E-state index contributed by atoms with van der Waals surface area (Å²) in [6.07, 6.45) is 6.11. The molecule has 0 aromatic heterocycles. The fourth-order valence-corrected chi connectivity index (χ4v) is 2.98. The fraction of sp³-hybridized carbons (Fsp3) is 0.611. The first-order valence-electron chi connectivity index (χ1n) is 8.17. The van der Waals surface area contributed by atoms with Crippen molar-refractivity contribution in [3.63, 3.8) is 0 Å². The molecule has 3 nitrogen and oxygen atoms in total. The summed E-state index contributed by atoms with van der Waals surface area (Å²) in [4.78, 5) is 13.2. The molecule has 0 aliphatic heterocycles. The van der Waals surface area contributed by atoms with Crippen LogP contribution >= 0.6 is 0 Å². The summed E-state index contributed by atoms with van der Waals surface area (Å²) in [5.74, 6) is 0.160. The van der Waals surface area contributed by atoms with E-state index in [0.29, 0.717) is 6.04 Å². The van der Waals surface area contributed by atoms with E-state index in [-0.39, 0.29) is 6.42 Å². The Balaban J connectivity index is 1.89. The average Bonchev–Trinajstić information content (AvgIpc) is 2.44. The van der Waals surface area contributed by atoms with E-state index >= 15 is 0 Å². The van der Waals surface area contributed by atoms with E-state index < -0.39 is 5.97 Å². The second kappa shape index (κ2) is 8.18. The first kappa shape index (κ1) is 16.0. The highest BCUT2D eigenvalue weighted by Gasteiger charge is 2.23. The quantitative estimate of drug-likeness (QED) is 0.696. The number of carboxylic acids is 1. The van der Waals surface area contributed by atoms with Gasteiger partial charge in [0.15, 0.2) is 0 Å². The van der Waals surface area contributed by atoms with Crippen molar-refractivity contribution in [1.82, 2.24) is 4.90 Å². The molecule has 1 aliphatic rings. The molecule has 0 radical (unpaired) electrons. The van der Waals surface area contributed by atoms with Gasteiger partial charge in [0.1, 0.15) is 0 Å². The fourth-order valence-electron chi connectivity index (χ4n) is 2.98. The van der Waals surface area contributed by atoms with Crippen molar-refractivity contribution in [2.75, 3.05) is 13.1 Å². The molecule has 116 valence electrons. The van der Waals surface area contributed by atoms with Crippen molar-refractivity contribution < 1.29 is 9.90 Å². The van der Waals surface area contributed by atoms with Crippen LogP contribution in [0.15, 0.2) is 30.3 Å². The Labute approximate surface area is 128 Å². The Hall–Kier alpha value is -1.35. The molecule has 1 aromatic carbocycles. The van der Waals surface area contributed by atoms with Crippen LogP contribution in [-0.2, 0) is 4.79 Å². The number of carbonyl (C=O) groups is 1. The highest BCUT2D eigenvalue weighted by Crippen LogP contribution is 2.30. The second-order valence-corrected chi connectivity index (χ2v) is 6.23. The Morgan fingerprint density at radius 1 is 1.29 bits per heavy atom. The van der Waals surface area contributed by atoms with Crippen molar-refractivity contribution in [3.05, 3.63) is 35.9 Å². The van der Waals surface area contributed by atoms with Gasteiger partial charge in [-0.1, -0.05) is 36.8 Å². The van der Waals surface area contributed by atoms with E-state index in [9.17, 15) is 4.79 Å². The highest BCUT2D eigenvalue weighted by atomic mass is 16.4. The molecule has 1 aliphatic carbocycles. The van der Waals surface area contributed by atoms with Crippen LogP contribution in [0.3, 0.4) is 0 Å². The summed E-state index contributed by atoms with van der Waals surface area (Å²) in [5.41, 5.74) is 1.36. The molecule has 0 bridgehead atoms. The van der Waals surface area contributed by atoms with Crippen LogP contribution in [-0.4, -0.2) is 29.1 Å². The number of carboxylic acid groups (broad SMARTS) is 1. The molecule has 1 unspecified atom stereocenters. The van der Waals surface area contributed by atoms with Gasteiger partial charge in [-0.2, -0.15) is 0 Å². The van der Waals surface area contributed by atoms with Gasteiger partial charge in [-0.25, -0.2) is 0 Å². The van der Waals surface area contributed by atoms with Crippen LogP contribution in [0.4, 0.5) is 0 Å². The smallest absolute Gasteiger partial charge is 0.303 e. The summed E-state index contributed by atoms with van der Waals surface area (Å²) >= 11 is 0. The minimum Gasteiger partial charge on any atom is -0.481 e. The molecule has 0 saturated heterocycles. The lowest BCUT2D eigenvalue weighted by Gasteiger charge is -2.36. The lowest BCUT2D eigenvalue weighted by atomic mass is 9.84. The van der Waals surface area contributed by atoms with Gasteiger partial charge in [-0.15, -0.1) is 0 Å². The molecular formula is C18H27NO2. The Bertz CT molecular complexity index is 428. The van der Waals surface area contributed by atoms with Crippen molar-refractivity contribution in [1.29, 1.82) is 0 Å². The van der Waals surface area contributed by atoms with Crippen molar-refractivity contribution in [2.24, 2.45) is 5.92 Å². The van der Waals surface area contributed by atoms with Crippen LogP contribution in [0.25, 0.3) is 0 Å². The molecule has 2 rings (SSSR count). The molecule has 21 heavy (non-hydrogen) atoms. The molecule has 3 heteroatoms. The maximum Gasteiger partial charge on any atom is 0.303 e. The average molecular weight is 289 g/mol. The van der Waals surface area contributed by atoms with Gasteiger partial charge in [0.05, 0.1) is 0 Å². The minimum atomic E-state index is -0.684. The van der Waals surface area contributed by atoms with E-state index in [1.54, 1.807) is 0 Å². The number of rotatable bonds is 9. The summed E-state index contributed by atoms with van der Waals surface area (Å²) < 4.78 is 0. The third kappa shape index (κ3) is 5.16. The minimum absolute atomic E-state index is 0.289. The molecule has 1 saturated carbocycles. The molecule has 1 fully saturated rings. The largest absolute Gasteiger partial charge is 0.481 e. The molecule has 0 heterocycles. The van der Waals surface area contributed by atoms with E-state index in [1.165, 1.54) is 24.8 Å². The topological polar surface area (TPSA) is 40.5 Å². The third-order valence-corrected chi connectivity index (χ3v) is 4.63. The van der Waals surface area contributed by atoms with E-state index in [1.807, 2.05) is 0 Å². The van der Waals surface area contributed by atoms with E-state index in [2.05, 4.69) is 42.2 Å². The summed E-state index contributed by atoms with van der Waals surface area (Å²) in [6, 6.07) is 11.0. The Kier molecular flexibility index (Phi) is 6.24. The molecule has 0 amide bonds. The van der Waals surface area contributed by atoms with E-state index in [0.717, 1.165) is 31.8 Å². The predicted molar refractivity (Wildman–Crippen MR) is 85.3 cm³/mol. The van der Waals surface area contributed by atoms with Crippen LogP contribution in [0.5, 0.6) is 0 Å². The van der Waals surface area contributed by atoms with Gasteiger partial charge in [0.25, 0.3) is 0 Å². The standard InChI is InChI=1S/C18H27NO2/c1-15(17-10-3-2-4-11-17)19(14-16-8-7-9-16)13-6-5-12-18(20)21/h2-4,10-11,15-16H,5-9,12-14H2,1H3,(H,20,21). The predicted octanol–water partition coefficient (Wildman–Crippen LogP) is 4.10. The van der Waals surface area contributed by atoms with Crippen LogP contribution in [0, 0.1) is 5.92 Å². The van der Waals surface area contributed by atoms with Gasteiger partial charge < -0.3 is 5.11 Å². The van der Waals surface area contributed by atoms with Gasteiger partial charge in [-0.05, 0) is 50.6 Å². The molecule has 1 aromatic rings. The normalized spacial score (nSPS) is 16.7. The lowest BCUT2D eigenvalue weighted by molar-refractivity contribution is -0.137. The van der Waals surface area contributed by atoms with Crippen molar-refractivity contribution in [3.8, 4) is 0 Å². The Morgan fingerprint density at radius 2 is 2.00 bits per heavy atom. The summed E-state index contributed by atoms with van der Waals surface area (Å²) in [5, 5.41) is 8.74. The third-order valence-electron chi connectivity index (χ3n) is 4.63. The first-order chi connectivity index (χ1) is 10.2. The van der Waals surface area contributed by atoms with Crippen LogP contribution in [0.2, 0.25) is 0 Å². The second-order valence-electron chi connectivity index (χ2n) is 6.23. The SMILES string of the molecule is CC(c1ccccc1)N(CCCCC(=O)O)CC1CCC1. The summed E-state index contributed by atoms with van der Waals surface area (Å²) in [7, 11) is 0. The maximum absolute atomic E-state index is 10.6. The van der Waals surface area contributed by atoms with Crippen LogP contribution in [0.1, 0.15) is 57.1 Å². The van der Waals surface area contributed by atoms with Crippen molar-refractivity contribution >= 4 is 5.97 Å². The number of hydrogen-bond donors (Lipinski definition) is 1. The number of unbranched alkanes of at least 4 members (excludes halogenated alkanes) is 1. The highest BCUT2D eigenvalue weighted by molar-refractivity contribution is 5.66. The zero-order valence-electron chi connectivity index (χ0n) is 13.0. The van der Waals surface area contributed by atoms with E-state index in [4.69, 9.17) is 5.11 Å². The number of aliphatic carboxylic acids is 1. The first-order valence-corrected chi connectivity index (χ1v) is 8.17.